The quantitative estimate of drug-likeness (QED) is 0.686. The highest BCUT2D eigenvalue weighted by atomic mass is 19.1. The second-order valence-electron chi connectivity index (χ2n) is 6.46. The van der Waals surface area contributed by atoms with Crippen molar-refractivity contribution in [2.24, 2.45) is 5.41 Å². The van der Waals surface area contributed by atoms with E-state index in [1.165, 1.54) is 6.92 Å². The van der Waals surface area contributed by atoms with Crippen molar-refractivity contribution in [2.75, 3.05) is 0 Å². The molecule has 21 heavy (non-hydrogen) atoms. The first-order valence-corrected chi connectivity index (χ1v) is 6.95. The molecule has 1 N–H and O–H groups in total. The molecule has 1 aromatic carbocycles. The number of carbonyl (C=O) groups excluding carboxylic acids is 1. The summed E-state index contributed by atoms with van der Waals surface area (Å²) in [7, 11) is 0. The minimum absolute atomic E-state index is 0.00790. The van der Waals surface area contributed by atoms with Crippen molar-refractivity contribution in [3.8, 4) is 0 Å². The second kappa shape index (κ2) is 5.42. The van der Waals surface area contributed by atoms with Gasteiger partial charge in [0.15, 0.2) is 0 Å². The van der Waals surface area contributed by atoms with Crippen LogP contribution in [-0.2, 0) is 0 Å². The van der Waals surface area contributed by atoms with E-state index in [4.69, 9.17) is 0 Å². The number of nitro groups is 1. The molecule has 1 aliphatic rings. The standard InChI is InChI=1S/C15H19FN2O3/c1-9-6-11(18(20)21)7-12(13(9)16)14(19)17-10-4-5-15(2,3)8-10/h6-7,10H,4-5,8H2,1-3H3,(H,17,19). The van der Waals surface area contributed by atoms with Crippen molar-refractivity contribution in [2.45, 2.75) is 46.1 Å². The fourth-order valence-corrected chi connectivity index (χ4v) is 2.84. The molecule has 6 heteroatoms. The Bertz CT molecular complexity index is 599. The van der Waals surface area contributed by atoms with E-state index in [0.717, 1.165) is 31.4 Å². The van der Waals surface area contributed by atoms with E-state index in [0.29, 0.717) is 0 Å². The van der Waals surface area contributed by atoms with Crippen molar-refractivity contribution in [3.63, 3.8) is 0 Å². The van der Waals surface area contributed by atoms with Gasteiger partial charge in [0.25, 0.3) is 11.6 Å². The third-order valence-electron chi connectivity index (χ3n) is 4.00. The number of hydrogen-bond acceptors (Lipinski definition) is 3. The average molecular weight is 294 g/mol. The number of nitrogens with one attached hydrogen (secondary N) is 1. The van der Waals surface area contributed by atoms with Gasteiger partial charge >= 0.3 is 0 Å². The van der Waals surface area contributed by atoms with E-state index in [2.05, 4.69) is 19.2 Å². The lowest BCUT2D eigenvalue weighted by Crippen LogP contribution is -2.34. The maximum Gasteiger partial charge on any atom is 0.270 e. The zero-order valence-electron chi connectivity index (χ0n) is 12.4. The van der Waals surface area contributed by atoms with Crippen LogP contribution in [0.3, 0.4) is 0 Å². The van der Waals surface area contributed by atoms with Gasteiger partial charge in [-0.15, -0.1) is 0 Å². The molecule has 5 nitrogen and oxygen atoms in total. The Kier molecular flexibility index (Phi) is 3.98. The molecule has 1 unspecified atom stereocenters. The summed E-state index contributed by atoms with van der Waals surface area (Å²) in [6.45, 7) is 5.66. The molecule has 0 aromatic heterocycles. The van der Waals surface area contributed by atoms with Crippen molar-refractivity contribution in [1.82, 2.24) is 5.32 Å². The normalized spacial score (nSPS) is 20.3. The number of nitrogens with zero attached hydrogens (tertiary/aromatic N) is 1. The first kappa shape index (κ1) is 15.4. The minimum atomic E-state index is -0.699. The smallest absolute Gasteiger partial charge is 0.270 e. The summed E-state index contributed by atoms with van der Waals surface area (Å²) in [5, 5.41) is 13.6. The second-order valence-corrected chi connectivity index (χ2v) is 6.46. The summed E-state index contributed by atoms with van der Waals surface area (Å²) < 4.78 is 14.0. The number of nitro benzene ring substituents is 1. The number of rotatable bonds is 3. The molecule has 1 saturated carbocycles. The number of aryl methyl sites for hydroxylation is 1. The van der Waals surface area contributed by atoms with E-state index in [1.54, 1.807) is 0 Å². The molecule has 1 aromatic rings. The number of hydrogen-bond donors (Lipinski definition) is 1. The van der Waals surface area contributed by atoms with Gasteiger partial charge in [-0.2, -0.15) is 0 Å². The van der Waals surface area contributed by atoms with Gasteiger partial charge in [0.05, 0.1) is 10.5 Å². The Morgan fingerprint density at radius 1 is 1.48 bits per heavy atom. The van der Waals surface area contributed by atoms with Crippen LogP contribution in [0.1, 0.15) is 49.0 Å². The first-order valence-electron chi connectivity index (χ1n) is 6.95. The summed E-state index contributed by atoms with van der Waals surface area (Å²) in [5.74, 6) is -1.28. The lowest BCUT2D eigenvalue weighted by molar-refractivity contribution is -0.385. The summed E-state index contributed by atoms with van der Waals surface area (Å²) in [4.78, 5) is 22.4. The Balaban J connectivity index is 2.21. The molecule has 114 valence electrons. The molecule has 0 saturated heterocycles. The highest BCUT2D eigenvalue weighted by molar-refractivity contribution is 5.95. The number of benzene rings is 1. The van der Waals surface area contributed by atoms with Crippen LogP contribution >= 0.6 is 0 Å². The topological polar surface area (TPSA) is 72.2 Å². The van der Waals surface area contributed by atoms with Crippen molar-refractivity contribution in [1.29, 1.82) is 0 Å². The Morgan fingerprint density at radius 3 is 2.67 bits per heavy atom. The lowest BCUT2D eigenvalue weighted by atomic mass is 9.92. The molecule has 0 spiro atoms. The molecular weight excluding hydrogens is 275 g/mol. The van der Waals surface area contributed by atoms with E-state index in [9.17, 15) is 19.3 Å². The maximum absolute atomic E-state index is 14.0. The fourth-order valence-electron chi connectivity index (χ4n) is 2.84. The number of halogens is 1. The molecule has 2 rings (SSSR count). The molecule has 0 bridgehead atoms. The van der Waals surface area contributed by atoms with Crippen molar-refractivity contribution in [3.05, 3.63) is 39.2 Å². The maximum atomic E-state index is 14.0. The summed E-state index contributed by atoms with van der Waals surface area (Å²) in [6, 6.07) is 2.12. The highest BCUT2D eigenvalue weighted by Gasteiger charge is 2.32. The van der Waals surface area contributed by atoms with Crippen LogP contribution in [0.5, 0.6) is 0 Å². The van der Waals surface area contributed by atoms with Gasteiger partial charge in [-0.1, -0.05) is 13.8 Å². The first-order chi connectivity index (χ1) is 9.69. The van der Waals surface area contributed by atoms with Gasteiger partial charge in [-0.3, -0.25) is 14.9 Å². The van der Waals surface area contributed by atoms with E-state index in [-0.39, 0.29) is 28.3 Å². The molecule has 0 aliphatic heterocycles. The van der Waals surface area contributed by atoms with Crippen LogP contribution in [0.25, 0.3) is 0 Å². The molecule has 0 radical (unpaired) electrons. The number of non-ortho nitro benzene ring substituents is 1. The van der Waals surface area contributed by atoms with Gasteiger partial charge in [-0.05, 0) is 37.2 Å². The third-order valence-corrected chi connectivity index (χ3v) is 4.00. The van der Waals surface area contributed by atoms with E-state index < -0.39 is 16.6 Å². The van der Waals surface area contributed by atoms with Crippen LogP contribution in [0.15, 0.2) is 12.1 Å². The third kappa shape index (κ3) is 3.37. The van der Waals surface area contributed by atoms with Gasteiger partial charge in [0.2, 0.25) is 0 Å². The average Bonchev–Trinajstić information content (AvgIpc) is 2.71. The van der Waals surface area contributed by atoms with Crippen molar-refractivity contribution >= 4 is 11.6 Å². The summed E-state index contributed by atoms with van der Waals surface area (Å²) in [6.07, 6.45) is 2.66. The predicted octanol–water partition coefficient (Wildman–Crippen LogP) is 3.35. The van der Waals surface area contributed by atoms with Gasteiger partial charge in [0, 0.05) is 18.2 Å². The van der Waals surface area contributed by atoms with Crippen LogP contribution in [-0.4, -0.2) is 16.9 Å². The van der Waals surface area contributed by atoms with Gasteiger partial charge < -0.3 is 5.32 Å². The van der Waals surface area contributed by atoms with Crippen LogP contribution in [0.4, 0.5) is 10.1 Å². The van der Waals surface area contributed by atoms with Gasteiger partial charge in [0.1, 0.15) is 5.82 Å². The Morgan fingerprint density at radius 2 is 2.14 bits per heavy atom. The molecular formula is C15H19FN2O3. The van der Waals surface area contributed by atoms with E-state index in [1.807, 2.05) is 0 Å². The zero-order chi connectivity index (χ0) is 15.8. The summed E-state index contributed by atoms with van der Waals surface area (Å²) in [5.41, 5.74) is -0.270. The monoisotopic (exact) mass is 294 g/mol. The summed E-state index contributed by atoms with van der Waals surface area (Å²) >= 11 is 0. The molecule has 1 amide bonds. The van der Waals surface area contributed by atoms with Crippen LogP contribution < -0.4 is 5.32 Å². The molecule has 0 heterocycles. The number of amides is 1. The largest absolute Gasteiger partial charge is 0.349 e. The van der Waals surface area contributed by atoms with Crippen LogP contribution in [0.2, 0.25) is 0 Å². The van der Waals surface area contributed by atoms with Gasteiger partial charge in [-0.25, -0.2) is 4.39 Å². The van der Waals surface area contributed by atoms with Crippen LogP contribution in [0, 0.1) is 28.3 Å². The minimum Gasteiger partial charge on any atom is -0.349 e. The fraction of sp³-hybridized carbons (Fsp3) is 0.533. The highest BCUT2D eigenvalue weighted by Crippen LogP contribution is 2.37. The zero-order valence-corrected chi connectivity index (χ0v) is 12.4. The Labute approximate surface area is 122 Å². The van der Waals surface area contributed by atoms with E-state index >= 15 is 0 Å². The molecule has 1 fully saturated rings. The Hall–Kier alpha value is -1.98. The molecule has 1 aliphatic carbocycles. The lowest BCUT2D eigenvalue weighted by Gasteiger charge is -2.18. The predicted molar refractivity (Wildman–Crippen MR) is 76.7 cm³/mol. The SMILES string of the molecule is Cc1cc([N+](=O)[O-])cc(C(=O)NC2CCC(C)(C)C2)c1F. The van der Waals surface area contributed by atoms with Crippen molar-refractivity contribution < 1.29 is 14.1 Å². The number of carbonyl (C=O) groups is 1. The molecule has 1 atom stereocenters.